The summed E-state index contributed by atoms with van der Waals surface area (Å²) < 4.78 is 5.41. The van der Waals surface area contributed by atoms with Gasteiger partial charge in [0.05, 0.1) is 13.0 Å². The van der Waals surface area contributed by atoms with E-state index in [1.54, 1.807) is 7.11 Å². The molecule has 4 rings (SSSR count). The molecule has 2 aromatic rings. The minimum absolute atomic E-state index is 0.0397. The summed E-state index contributed by atoms with van der Waals surface area (Å²) >= 11 is 0. The largest absolute Gasteiger partial charge is 0.496 e. The third-order valence-corrected chi connectivity index (χ3v) is 5.98. The third-order valence-electron chi connectivity index (χ3n) is 5.98. The Balaban J connectivity index is 1.44. The molecule has 0 unspecified atom stereocenters. The first-order valence-electron chi connectivity index (χ1n) is 10.0. The molecular weight excluding hydrogens is 336 g/mol. The second-order valence-corrected chi connectivity index (χ2v) is 7.55. The van der Waals surface area contributed by atoms with Crippen molar-refractivity contribution in [3.05, 3.63) is 59.7 Å². The van der Waals surface area contributed by atoms with Crippen LogP contribution in [0.5, 0.6) is 5.75 Å². The molecule has 0 radical (unpaired) electrons. The average Bonchev–Trinajstić information content (AvgIpc) is 2.73. The Bertz CT molecular complexity index is 804. The number of hydrogen-bond donors (Lipinski definition) is 1. The Morgan fingerprint density at radius 1 is 1.15 bits per heavy atom. The Labute approximate surface area is 161 Å². The molecule has 4 heteroatoms. The number of anilines is 1. The van der Waals surface area contributed by atoms with Gasteiger partial charge in [0.15, 0.2) is 0 Å². The molecule has 0 bridgehead atoms. The summed E-state index contributed by atoms with van der Waals surface area (Å²) in [6.07, 6.45) is 5.17. The van der Waals surface area contributed by atoms with Crippen LogP contribution in [0.4, 0.5) is 5.69 Å². The summed E-state index contributed by atoms with van der Waals surface area (Å²) in [5, 5.41) is 3.19. The van der Waals surface area contributed by atoms with Gasteiger partial charge in [-0.05, 0) is 55.4 Å². The lowest BCUT2D eigenvalue weighted by Crippen LogP contribution is -2.53. The second kappa shape index (κ2) is 8.03. The van der Waals surface area contributed by atoms with Gasteiger partial charge in [0.1, 0.15) is 5.75 Å². The van der Waals surface area contributed by atoms with Crippen LogP contribution in [0.2, 0.25) is 0 Å². The maximum absolute atomic E-state index is 13.0. The number of rotatable bonds is 5. The van der Waals surface area contributed by atoms with E-state index in [-0.39, 0.29) is 11.8 Å². The molecule has 142 valence electrons. The fraction of sp³-hybridized carbons (Fsp3) is 0.435. The van der Waals surface area contributed by atoms with Gasteiger partial charge in [-0.25, -0.2) is 0 Å². The average molecular weight is 364 g/mol. The molecule has 27 heavy (non-hydrogen) atoms. The van der Waals surface area contributed by atoms with Crippen molar-refractivity contribution < 1.29 is 9.53 Å². The molecule has 1 N–H and O–H groups in total. The summed E-state index contributed by atoms with van der Waals surface area (Å²) in [7, 11) is 1.69. The number of ether oxygens (including phenoxy) is 1. The zero-order chi connectivity index (χ0) is 18.6. The van der Waals surface area contributed by atoms with Crippen molar-refractivity contribution in [3.8, 4) is 5.75 Å². The molecule has 1 saturated heterocycles. The topological polar surface area (TPSA) is 41.6 Å². The predicted octanol–water partition coefficient (Wildman–Crippen LogP) is 3.59. The molecule has 0 spiro atoms. The van der Waals surface area contributed by atoms with Crippen molar-refractivity contribution in [2.24, 2.45) is 5.92 Å². The van der Waals surface area contributed by atoms with Gasteiger partial charge in [0.25, 0.3) is 0 Å². The molecule has 2 heterocycles. The quantitative estimate of drug-likeness (QED) is 0.882. The van der Waals surface area contributed by atoms with Gasteiger partial charge in [-0.3, -0.25) is 4.79 Å². The van der Waals surface area contributed by atoms with E-state index in [2.05, 4.69) is 40.5 Å². The molecule has 2 aliphatic heterocycles. The van der Waals surface area contributed by atoms with Gasteiger partial charge in [0, 0.05) is 24.8 Å². The van der Waals surface area contributed by atoms with Gasteiger partial charge >= 0.3 is 0 Å². The van der Waals surface area contributed by atoms with Crippen molar-refractivity contribution in [1.82, 2.24) is 5.32 Å². The normalized spacial score (nSPS) is 21.1. The number of benzene rings is 2. The van der Waals surface area contributed by atoms with E-state index in [9.17, 15) is 4.79 Å². The van der Waals surface area contributed by atoms with Crippen LogP contribution in [0.1, 0.15) is 30.4 Å². The van der Waals surface area contributed by atoms with Crippen LogP contribution >= 0.6 is 0 Å². The fourth-order valence-corrected chi connectivity index (χ4v) is 4.64. The van der Waals surface area contributed by atoms with Gasteiger partial charge in [-0.2, -0.15) is 0 Å². The zero-order valence-corrected chi connectivity index (χ0v) is 16.0. The van der Waals surface area contributed by atoms with E-state index < -0.39 is 0 Å². The van der Waals surface area contributed by atoms with Crippen LogP contribution in [0.25, 0.3) is 0 Å². The number of nitrogens with one attached hydrogen (secondary N) is 1. The lowest BCUT2D eigenvalue weighted by molar-refractivity contribution is -0.125. The molecule has 0 aromatic heterocycles. The monoisotopic (exact) mass is 364 g/mol. The van der Waals surface area contributed by atoms with Crippen LogP contribution in [0, 0.1) is 5.92 Å². The number of piperidine rings is 1. The summed E-state index contributed by atoms with van der Waals surface area (Å²) in [6.45, 7) is 1.71. The van der Waals surface area contributed by atoms with Crippen molar-refractivity contribution in [1.29, 1.82) is 0 Å². The number of carbonyl (C=O) groups excluding carboxylic acids is 1. The number of amides is 1. The van der Waals surface area contributed by atoms with Crippen LogP contribution in [0.15, 0.2) is 48.5 Å². The molecule has 2 atom stereocenters. The highest BCUT2D eigenvalue weighted by molar-refractivity contribution is 5.82. The minimum Gasteiger partial charge on any atom is -0.496 e. The fourth-order valence-electron chi connectivity index (χ4n) is 4.64. The summed E-state index contributed by atoms with van der Waals surface area (Å²) in [4.78, 5) is 15.5. The Kier molecular flexibility index (Phi) is 5.33. The van der Waals surface area contributed by atoms with Crippen molar-refractivity contribution in [3.63, 3.8) is 0 Å². The minimum atomic E-state index is 0.0397. The SMILES string of the molecule is COc1ccccc1CCNC(=O)[C@@H]1Cc2ccccc2N2CCCC[C@H]12. The van der Waals surface area contributed by atoms with E-state index in [4.69, 9.17) is 4.74 Å². The molecule has 2 aliphatic rings. The molecule has 1 fully saturated rings. The van der Waals surface area contributed by atoms with E-state index >= 15 is 0 Å². The molecule has 4 nitrogen and oxygen atoms in total. The van der Waals surface area contributed by atoms with Crippen LogP contribution in [0.3, 0.4) is 0 Å². The maximum atomic E-state index is 13.0. The van der Waals surface area contributed by atoms with Crippen LogP contribution in [-0.2, 0) is 17.6 Å². The lowest BCUT2D eigenvalue weighted by Gasteiger charge is -2.46. The van der Waals surface area contributed by atoms with Crippen molar-refractivity contribution >= 4 is 11.6 Å². The Morgan fingerprint density at radius 2 is 1.96 bits per heavy atom. The lowest BCUT2D eigenvalue weighted by atomic mass is 9.80. The first kappa shape index (κ1) is 17.9. The second-order valence-electron chi connectivity index (χ2n) is 7.55. The number of carbonyl (C=O) groups is 1. The highest BCUT2D eigenvalue weighted by atomic mass is 16.5. The first-order valence-corrected chi connectivity index (χ1v) is 10.0. The third kappa shape index (κ3) is 3.66. The van der Waals surface area contributed by atoms with Gasteiger partial charge in [0.2, 0.25) is 5.91 Å². The van der Waals surface area contributed by atoms with Gasteiger partial charge in [-0.1, -0.05) is 36.4 Å². The van der Waals surface area contributed by atoms with Crippen LogP contribution in [-0.4, -0.2) is 32.1 Å². The molecule has 1 amide bonds. The number of para-hydroxylation sites is 2. The highest BCUT2D eigenvalue weighted by Gasteiger charge is 2.39. The molecule has 2 aromatic carbocycles. The molecular formula is C23H28N2O2. The predicted molar refractivity (Wildman–Crippen MR) is 108 cm³/mol. The standard InChI is InChI=1S/C23H28N2O2/c1-27-22-12-5-3-8-17(22)13-14-24-23(26)19-16-18-9-2-4-10-20(18)25-15-7-6-11-21(19)25/h2-5,8-10,12,19,21H,6-7,11,13-16H2,1H3,(H,24,26)/t19-,21-/m1/s1. The summed E-state index contributed by atoms with van der Waals surface area (Å²) in [5.74, 6) is 1.12. The van der Waals surface area contributed by atoms with Crippen molar-refractivity contribution in [2.45, 2.75) is 38.1 Å². The summed E-state index contributed by atoms with van der Waals surface area (Å²) in [6, 6.07) is 16.9. The number of fused-ring (bicyclic) bond motifs is 3. The molecule has 0 aliphatic carbocycles. The summed E-state index contributed by atoms with van der Waals surface area (Å²) in [5.41, 5.74) is 3.77. The Morgan fingerprint density at radius 3 is 2.85 bits per heavy atom. The van der Waals surface area contributed by atoms with Gasteiger partial charge < -0.3 is 15.0 Å². The number of methoxy groups -OCH3 is 1. The van der Waals surface area contributed by atoms with E-state index in [0.29, 0.717) is 12.6 Å². The smallest absolute Gasteiger partial charge is 0.225 e. The maximum Gasteiger partial charge on any atom is 0.225 e. The highest BCUT2D eigenvalue weighted by Crippen LogP contribution is 2.38. The van der Waals surface area contributed by atoms with E-state index in [1.807, 2.05) is 18.2 Å². The number of nitrogens with zero attached hydrogens (tertiary/aromatic N) is 1. The van der Waals surface area contributed by atoms with Crippen LogP contribution < -0.4 is 15.0 Å². The Hall–Kier alpha value is -2.49. The zero-order valence-electron chi connectivity index (χ0n) is 16.0. The molecule has 0 saturated carbocycles. The number of hydrogen-bond acceptors (Lipinski definition) is 3. The van der Waals surface area contributed by atoms with E-state index in [1.165, 1.54) is 24.1 Å². The first-order chi connectivity index (χ1) is 13.3. The van der Waals surface area contributed by atoms with E-state index in [0.717, 1.165) is 37.1 Å². The van der Waals surface area contributed by atoms with Crippen molar-refractivity contribution in [2.75, 3.05) is 25.1 Å². The van der Waals surface area contributed by atoms with Gasteiger partial charge in [-0.15, -0.1) is 0 Å².